The van der Waals surface area contributed by atoms with Crippen LogP contribution in [0.15, 0.2) is 42.5 Å². The Hall–Kier alpha value is -2.53. The van der Waals surface area contributed by atoms with Crippen LogP contribution in [0.2, 0.25) is 0 Å². The van der Waals surface area contributed by atoms with E-state index in [1.807, 2.05) is 18.2 Å². The van der Waals surface area contributed by atoms with Crippen LogP contribution in [0.3, 0.4) is 0 Å². The fraction of sp³-hybridized carbons (Fsp3) is 0.316. The molecule has 126 valence electrons. The van der Waals surface area contributed by atoms with Gasteiger partial charge in [-0.05, 0) is 42.4 Å². The van der Waals surface area contributed by atoms with Gasteiger partial charge in [0.25, 0.3) is 0 Å². The van der Waals surface area contributed by atoms with Gasteiger partial charge < -0.3 is 20.3 Å². The number of ether oxygens (including phenoxy) is 1. The lowest BCUT2D eigenvalue weighted by molar-refractivity contribution is 0.0601. The molecule has 0 unspecified atom stereocenters. The summed E-state index contributed by atoms with van der Waals surface area (Å²) < 4.78 is 4.72. The molecule has 1 aliphatic rings. The van der Waals surface area contributed by atoms with Crippen LogP contribution in [0, 0.1) is 0 Å². The van der Waals surface area contributed by atoms with Crippen LogP contribution < -0.4 is 10.6 Å². The summed E-state index contributed by atoms with van der Waals surface area (Å²) in [7, 11) is 3.52. The first-order valence-electron chi connectivity index (χ1n) is 8.10. The minimum atomic E-state index is -0.327. The number of hydrogen-bond donors (Lipinski definition) is 1. The van der Waals surface area contributed by atoms with Gasteiger partial charge in [-0.2, -0.15) is 0 Å². The number of hydrogen-bond acceptors (Lipinski definition) is 5. The highest BCUT2D eigenvalue weighted by molar-refractivity contribution is 5.90. The number of rotatable bonds is 3. The number of carbonyl (C=O) groups excluding carboxylic acids is 1. The second-order valence-electron chi connectivity index (χ2n) is 6.13. The number of esters is 1. The van der Waals surface area contributed by atoms with E-state index in [2.05, 4.69) is 29.0 Å². The minimum Gasteiger partial charge on any atom is -0.465 e. The summed E-state index contributed by atoms with van der Waals surface area (Å²) >= 11 is 0. The molecule has 1 saturated heterocycles. The maximum absolute atomic E-state index is 11.5. The molecular weight excluding hydrogens is 302 g/mol. The molecule has 0 aromatic heterocycles. The Kier molecular flexibility index (Phi) is 4.71. The van der Waals surface area contributed by atoms with Gasteiger partial charge in [-0.25, -0.2) is 4.79 Å². The molecule has 5 nitrogen and oxygen atoms in total. The summed E-state index contributed by atoms with van der Waals surface area (Å²) in [6.07, 6.45) is 0. The van der Waals surface area contributed by atoms with Gasteiger partial charge in [-0.1, -0.05) is 18.2 Å². The molecule has 2 aromatic carbocycles. The Morgan fingerprint density at radius 1 is 1.00 bits per heavy atom. The quantitative estimate of drug-likeness (QED) is 0.694. The standard InChI is InChI=1S/C19H23N3O2/c1-21-9-11-22(12-10-21)18-8-7-16(13-17(18)20)14-3-5-15(6-4-14)19(23)24-2/h3-8,13H,9-12,20H2,1-2H3. The number of benzene rings is 2. The van der Waals surface area contributed by atoms with Crippen molar-refractivity contribution < 1.29 is 9.53 Å². The molecule has 0 atom stereocenters. The number of carbonyl (C=O) groups is 1. The smallest absolute Gasteiger partial charge is 0.337 e. The van der Waals surface area contributed by atoms with Crippen LogP contribution in [0.1, 0.15) is 10.4 Å². The Bertz CT molecular complexity index is 720. The van der Waals surface area contributed by atoms with Gasteiger partial charge in [0.15, 0.2) is 0 Å². The van der Waals surface area contributed by atoms with Crippen molar-refractivity contribution in [1.29, 1.82) is 0 Å². The number of nitrogens with two attached hydrogens (primary N) is 1. The highest BCUT2D eigenvalue weighted by Gasteiger charge is 2.16. The minimum absolute atomic E-state index is 0.327. The van der Waals surface area contributed by atoms with Gasteiger partial charge in [-0.15, -0.1) is 0 Å². The molecule has 0 bridgehead atoms. The molecule has 1 heterocycles. The van der Waals surface area contributed by atoms with E-state index >= 15 is 0 Å². The zero-order valence-electron chi connectivity index (χ0n) is 14.2. The van der Waals surface area contributed by atoms with E-state index in [1.165, 1.54) is 7.11 Å². The van der Waals surface area contributed by atoms with Crippen LogP contribution >= 0.6 is 0 Å². The largest absolute Gasteiger partial charge is 0.465 e. The number of piperazine rings is 1. The van der Waals surface area contributed by atoms with Crippen LogP contribution in [0.5, 0.6) is 0 Å². The topological polar surface area (TPSA) is 58.8 Å². The van der Waals surface area contributed by atoms with E-state index in [4.69, 9.17) is 10.5 Å². The van der Waals surface area contributed by atoms with E-state index < -0.39 is 0 Å². The third-order valence-electron chi connectivity index (χ3n) is 4.51. The molecule has 2 aromatic rings. The predicted molar refractivity (Wildman–Crippen MR) is 97.3 cm³/mol. The molecule has 0 aliphatic carbocycles. The number of methoxy groups -OCH3 is 1. The summed E-state index contributed by atoms with van der Waals surface area (Å²) in [5.41, 5.74) is 10.8. The third kappa shape index (κ3) is 3.36. The first-order valence-corrected chi connectivity index (χ1v) is 8.10. The van der Waals surface area contributed by atoms with Gasteiger partial charge in [0.1, 0.15) is 0 Å². The first kappa shape index (κ1) is 16.3. The highest BCUT2D eigenvalue weighted by atomic mass is 16.5. The molecule has 0 amide bonds. The van der Waals surface area contributed by atoms with Gasteiger partial charge >= 0.3 is 5.97 Å². The maximum Gasteiger partial charge on any atom is 0.337 e. The van der Waals surface area contributed by atoms with Crippen molar-refractivity contribution in [3.05, 3.63) is 48.0 Å². The zero-order chi connectivity index (χ0) is 17.1. The first-order chi connectivity index (χ1) is 11.6. The van der Waals surface area contributed by atoms with Crippen molar-refractivity contribution >= 4 is 17.3 Å². The molecule has 5 heteroatoms. The summed E-state index contributed by atoms with van der Waals surface area (Å²) in [6.45, 7) is 4.09. The lowest BCUT2D eigenvalue weighted by atomic mass is 10.0. The fourth-order valence-corrected chi connectivity index (χ4v) is 2.99. The van der Waals surface area contributed by atoms with E-state index in [0.717, 1.165) is 48.7 Å². The van der Waals surface area contributed by atoms with Gasteiger partial charge in [0.2, 0.25) is 0 Å². The summed E-state index contributed by atoms with van der Waals surface area (Å²) in [6, 6.07) is 13.5. The molecule has 0 spiro atoms. The Labute approximate surface area is 142 Å². The lowest BCUT2D eigenvalue weighted by Gasteiger charge is -2.34. The number of likely N-dealkylation sites (N-methyl/N-ethyl adjacent to an activating group) is 1. The summed E-state index contributed by atoms with van der Waals surface area (Å²) in [4.78, 5) is 16.2. The average Bonchev–Trinajstić information content (AvgIpc) is 2.62. The SMILES string of the molecule is COC(=O)c1ccc(-c2ccc(N3CCN(C)CC3)c(N)c2)cc1. The molecule has 0 radical (unpaired) electrons. The third-order valence-corrected chi connectivity index (χ3v) is 4.51. The highest BCUT2D eigenvalue weighted by Crippen LogP contribution is 2.30. The van der Waals surface area contributed by atoms with E-state index in [1.54, 1.807) is 12.1 Å². The normalized spacial score (nSPS) is 15.3. The molecule has 0 saturated carbocycles. The molecule has 24 heavy (non-hydrogen) atoms. The van der Waals surface area contributed by atoms with E-state index in [9.17, 15) is 4.79 Å². The predicted octanol–water partition coefficient (Wildman–Crippen LogP) is 2.47. The second kappa shape index (κ2) is 6.93. The number of anilines is 2. The number of nitrogen functional groups attached to an aromatic ring is 1. The van der Waals surface area contributed by atoms with Crippen LogP contribution in [0.4, 0.5) is 11.4 Å². The van der Waals surface area contributed by atoms with Crippen molar-refractivity contribution in [2.75, 3.05) is 51.0 Å². The van der Waals surface area contributed by atoms with E-state index in [-0.39, 0.29) is 5.97 Å². The molecular formula is C19H23N3O2. The van der Waals surface area contributed by atoms with Crippen LogP contribution in [-0.2, 0) is 4.74 Å². The average molecular weight is 325 g/mol. The van der Waals surface area contributed by atoms with Gasteiger partial charge in [0.05, 0.1) is 24.0 Å². The summed E-state index contributed by atoms with van der Waals surface area (Å²) in [5, 5.41) is 0. The van der Waals surface area contributed by atoms with Crippen molar-refractivity contribution in [1.82, 2.24) is 4.90 Å². The summed E-state index contributed by atoms with van der Waals surface area (Å²) in [5.74, 6) is -0.327. The maximum atomic E-state index is 11.5. The Balaban J connectivity index is 1.80. The molecule has 3 rings (SSSR count). The monoisotopic (exact) mass is 325 g/mol. The number of nitrogens with zero attached hydrogens (tertiary/aromatic N) is 2. The fourth-order valence-electron chi connectivity index (χ4n) is 2.99. The second-order valence-corrected chi connectivity index (χ2v) is 6.13. The van der Waals surface area contributed by atoms with Crippen LogP contribution in [-0.4, -0.2) is 51.2 Å². The Morgan fingerprint density at radius 2 is 1.62 bits per heavy atom. The van der Waals surface area contributed by atoms with Crippen molar-refractivity contribution in [2.24, 2.45) is 0 Å². The molecule has 1 fully saturated rings. The van der Waals surface area contributed by atoms with E-state index in [0.29, 0.717) is 5.56 Å². The van der Waals surface area contributed by atoms with Crippen molar-refractivity contribution in [3.63, 3.8) is 0 Å². The zero-order valence-corrected chi connectivity index (χ0v) is 14.2. The lowest BCUT2D eigenvalue weighted by Crippen LogP contribution is -2.44. The van der Waals surface area contributed by atoms with Gasteiger partial charge in [-0.3, -0.25) is 0 Å². The molecule has 2 N–H and O–H groups in total. The van der Waals surface area contributed by atoms with Crippen molar-refractivity contribution in [2.45, 2.75) is 0 Å². The molecule has 1 aliphatic heterocycles. The Morgan fingerprint density at radius 3 is 2.21 bits per heavy atom. The van der Waals surface area contributed by atoms with Crippen LogP contribution in [0.25, 0.3) is 11.1 Å². The van der Waals surface area contributed by atoms with Gasteiger partial charge in [0, 0.05) is 26.2 Å². The van der Waals surface area contributed by atoms with Crippen molar-refractivity contribution in [3.8, 4) is 11.1 Å².